The summed E-state index contributed by atoms with van der Waals surface area (Å²) in [6, 6.07) is 32.0. The lowest BCUT2D eigenvalue weighted by atomic mass is 10.0. The summed E-state index contributed by atoms with van der Waals surface area (Å²) >= 11 is 10.9. The van der Waals surface area contributed by atoms with Gasteiger partial charge in [-0.3, -0.25) is 29.0 Å². The Kier molecular flexibility index (Phi) is 23.4. The largest absolute Gasteiger partial charge is 0.274 e. The highest BCUT2D eigenvalue weighted by atomic mass is 32.1. The summed E-state index contributed by atoms with van der Waals surface area (Å²) < 4.78 is 0. The van der Waals surface area contributed by atoms with Gasteiger partial charge in [-0.15, -0.1) is 68.0 Å². The molecule has 510 valence electrons. The van der Waals surface area contributed by atoms with Crippen LogP contribution in [0.25, 0.3) is 48.8 Å². The van der Waals surface area contributed by atoms with E-state index >= 15 is 9.59 Å². The molecule has 0 saturated heterocycles. The van der Waals surface area contributed by atoms with Gasteiger partial charge in [0.25, 0.3) is 23.6 Å². The molecule has 10 heterocycles. The topological polar surface area (TPSA) is 74.8 Å². The quantitative estimate of drug-likeness (QED) is 0.0221. The van der Waals surface area contributed by atoms with E-state index in [1.54, 1.807) is 32.5 Å². The number of carbonyl (C=O) groups is 4. The fourth-order valence-corrected chi connectivity index (χ4v) is 38.5. The van der Waals surface area contributed by atoms with Crippen LogP contribution in [0.15, 0.2) is 72.8 Å². The number of imide groups is 2. The Labute approximate surface area is 600 Å². The molecule has 0 fully saturated rings. The summed E-state index contributed by atoms with van der Waals surface area (Å²) in [6.07, 6.45) is 29.3. The standard InChI is InChI=1S/C82H104N2O4S6Si2/c1-11-19-25-27-29-31-45-83-79(85)68-54(10)90-72(69(68)80(83)86)61-48-64-75(91-61)76-65(95(64,51-55(17-7)33-21-13-3)52-56(18-8)34-22-14-4)49-62(92-76)73-70-71(82(88)84(81(70)87)46-32-30-28-26-20-12-2)74(94-73)63-50-67-78(93-63)77-66(47-53(9)89-77)96(67,59-41-37-57(38-42-59)35-23-15-5)60-43-39-58(40-44-60)36-24-16-6/h37-44,47-50,55-56H,11-36,45-46,51-52H2,1-10H3. The number of hydrogen-bond acceptors (Lipinski definition) is 10. The predicted molar refractivity (Wildman–Crippen MR) is 423 cm³/mol. The van der Waals surface area contributed by atoms with E-state index < -0.39 is 16.1 Å². The molecule has 0 saturated carbocycles. The van der Waals surface area contributed by atoms with Crippen LogP contribution in [-0.4, -0.2) is 62.7 Å². The van der Waals surface area contributed by atoms with Crippen LogP contribution >= 0.6 is 68.0 Å². The summed E-state index contributed by atoms with van der Waals surface area (Å²) in [4.78, 5) is 77.7. The van der Waals surface area contributed by atoms with Crippen LogP contribution < -0.4 is 31.1 Å². The van der Waals surface area contributed by atoms with Gasteiger partial charge in [-0.1, -0.05) is 232 Å². The second-order valence-corrected chi connectivity index (χ2v) is 43.1. The van der Waals surface area contributed by atoms with Crippen LogP contribution in [0.1, 0.15) is 272 Å². The smallest absolute Gasteiger partial charge is 0.263 e. The molecular weight excluding hydrogens is 1330 g/mol. The van der Waals surface area contributed by atoms with E-state index in [9.17, 15) is 9.59 Å². The van der Waals surface area contributed by atoms with E-state index in [1.807, 2.05) is 52.3 Å². The molecule has 4 aliphatic heterocycles. The first kappa shape index (κ1) is 71.2. The van der Waals surface area contributed by atoms with Gasteiger partial charge in [-0.2, -0.15) is 0 Å². The number of aryl methyl sites for hydroxylation is 4. The van der Waals surface area contributed by atoms with Gasteiger partial charge in [0, 0.05) is 57.0 Å². The van der Waals surface area contributed by atoms with Gasteiger partial charge in [0.1, 0.15) is 8.07 Å². The Bertz CT molecular complexity index is 4010. The van der Waals surface area contributed by atoms with E-state index in [1.165, 1.54) is 169 Å². The molecule has 14 heteroatoms. The van der Waals surface area contributed by atoms with Gasteiger partial charge in [0.05, 0.1) is 36.9 Å². The molecule has 4 aliphatic rings. The average molecular weight is 1430 g/mol. The number of hydrogen-bond donors (Lipinski definition) is 0. The van der Waals surface area contributed by atoms with Crippen LogP contribution in [-0.2, 0) is 12.8 Å². The fraction of sp³-hybridized carbons (Fsp3) is 0.512. The van der Waals surface area contributed by atoms with Crippen molar-refractivity contribution < 1.29 is 19.2 Å². The van der Waals surface area contributed by atoms with E-state index in [-0.39, 0.29) is 23.6 Å². The summed E-state index contributed by atoms with van der Waals surface area (Å²) in [7, 11) is -5.54. The maximum absolute atomic E-state index is 15.8. The summed E-state index contributed by atoms with van der Waals surface area (Å²) in [5, 5.41) is 8.76. The molecule has 0 N–H and O–H groups in total. The number of unbranched alkanes of at least 4 members (excludes halogenated alkanes) is 14. The number of nitrogens with zero attached hydrogens (tertiary/aromatic N) is 2. The molecule has 8 aromatic rings. The van der Waals surface area contributed by atoms with Crippen molar-refractivity contribution in [1.82, 2.24) is 9.80 Å². The lowest BCUT2D eigenvalue weighted by Gasteiger charge is -2.35. The number of carbonyl (C=O) groups excluding carboxylic acids is 4. The molecule has 0 bridgehead atoms. The van der Waals surface area contributed by atoms with Crippen LogP contribution in [0.4, 0.5) is 0 Å². The molecule has 0 spiro atoms. The minimum absolute atomic E-state index is 0.119. The molecule has 96 heavy (non-hydrogen) atoms. The van der Waals surface area contributed by atoms with Gasteiger partial charge in [0.15, 0.2) is 8.07 Å². The zero-order valence-electron chi connectivity index (χ0n) is 59.3. The van der Waals surface area contributed by atoms with Crippen molar-refractivity contribution in [3.8, 4) is 48.8 Å². The van der Waals surface area contributed by atoms with Crippen LogP contribution in [0, 0.1) is 25.7 Å². The third-order valence-electron chi connectivity index (χ3n) is 22.0. The van der Waals surface area contributed by atoms with Gasteiger partial charge in [0.2, 0.25) is 0 Å². The number of thiophene rings is 6. The van der Waals surface area contributed by atoms with Crippen molar-refractivity contribution in [3.63, 3.8) is 0 Å². The highest BCUT2D eigenvalue weighted by Gasteiger charge is 2.54. The molecule has 6 nitrogen and oxygen atoms in total. The molecule has 12 rings (SSSR count). The van der Waals surface area contributed by atoms with E-state index in [4.69, 9.17) is 0 Å². The third-order valence-corrected chi connectivity index (χ3v) is 40.6. The summed E-state index contributed by atoms with van der Waals surface area (Å²) in [5.74, 6) is 0.619. The molecule has 0 radical (unpaired) electrons. The molecule has 4 amide bonds. The number of amides is 4. The van der Waals surface area contributed by atoms with Gasteiger partial charge >= 0.3 is 0 Å². The summed E-state index contributed by atoms with van der Waals surface area (Å²) in [5.41, 5.74) is 5.24. The normalized spacial score (nSPS) is 16.5. The lowest BCUT2D eigenvalue weighted by molar-refractivity contribution is 0.0636. The zero-order valence-corrected chi connectivity index (χ0v) is 66.2. The second-order valence-electron chi connectivity index (χ2n) is 28.6. The SMILES string of the molecule is CCCCCCCCN1C(=O)c2c(C)sc(-c3cc4c(s3)-c3sc(-c5sc(-c6cc7c(s6)-c6sc(C)cc6[Si]7(c6ccc(CCCC)cc6)c6ccc(CCCC)cc6)c6c5C(=O)N(CCCCCCCC)C6=O)cc3[Si]4(CC(CC)CCCC)CC(CC)CCCC)c2C1=O. The highest BCUT2D eigenvalue weighted by Crippen LogP contribution is 2.56. The van der Waals surface area contributed by atoms with Crippen molar-refractivity contribution in [2.75, 3.05) is 13.1 Å². The monoisotopic (exact) mass is 1430 g/mol. The van der Waals surface area contributed by atoms with Crippen molar-refractivity contribution >= 4 is 139 Å². The maximum Gasteiger partial charge on any atom is 0.263 e. The molecule has 0 aliphatic carbocycles. The van der Waals surface area contributed by atoms with Crippen LogP contribution in [0.3, 0.4) is 0 Å². The van der Waals surface area contributed by atoms with Crippen molar-refractivity contribution in [3.05, 3.63) is 116 Å². The van der Waals surface area contributed by atoms with E-state index in [0.717, 1.165) is 111 Å². The van der Waals surface area contributed by atoms with Gasteiger partial charge in [-0.25, -0.2) is 0 Å². The first-order valence-electron chi connectivity index (χ1n) is 37.5. The first-order chi connectivity index (χ1) is 46.7. The Morgan fingerprint density at radius 3 is 1.17 bits per heavy atom. The highest BCUT2D eigenvalue weighted by molar-refractivity contribution is 7.37. The van der Waals surface area contributed by atoms with Crippen molar-refractivity contribution in [2.45, 2.75) is 248 Å². The van der Waals surface area contributed by atoms with Crippen LogP contribution in [0.5, 0.6) is 0 Å². The summed E-state index contributed by atoms with van der Waals surface area (Å²) in [6.45, 7) is 23.8. The molecule has 6 aromatic heterocycles. The number of rotatable bonds is 37. The Balaban J connectivity index is 1.03. The fourth-order valence-electron chi connectivity index (χ4n) is 16.6. The molecule has 2 atom stereocenters. The van der Waals surface area contributed by atoms with E-state index in [0.29, 0.717) is 47.2 Å². The predicted octanol–water partition coefficient (Wildman–Crippen LogP) is 21.6. The van der Waals surface area contributed by atoms with Gasteiger partial charge < -0.3 is 0 Å². The Morgan fingerprint density at radius 2 is 0.729 bits per heavy atom. The molecule has 2 aromatic carbocycles. The lowest BCUT2D eigenvalue weighted by Crippen LogP contribution is -2.72. The van der Waals surface area contributed by atoms with Gasteiger partial charge in [-0.05, 0) is 143 Å². The van der Waals surface area contributed by atoms with E-state index in [2.05, 4.69) is 135 Å². The van der Waals surface area contributed by atoms with Crippen LogP contribution in [0.2, 0.25) is 12.1 Å². The molecular formula is C82H104N2O4S6Si2. The van der Waals surface area contributed by atoms with Crippen molar-refractivity contribution in [1.29, 1.82) is 0 Å². The maximum atomic E-state index is 15.8. The number of benzene rings is 2. The third kappa shape index (κ3) is 13.3. The number of fused-ring (bicyclic) bond motifs is 8. The minimum atomic E-state index is -2.90. The Morgan fingerprint density at radius 1 is 0.365 bits per heavy atom. The Hall–Kier alpha value is -4.65. The first-order valence-corrected chi connectivity index (χ1v) is 46.8. The zero-order chi connectivity index (χ0) is 67.4. The molecule has 2 unspecified atom stereocenters. The minimum Gasteiger partial charge on any atom is -0.274 e. The second kappa shape index (κ2) is 31.5. The van der Waals surface area contributed by atoms with Crippen molar-refractivity contribution in [2.24, 2.45) is 11.8 Å². The average Bonchev–Trinajstić information content (AvgIpc) is 1.53.